The van der Waals surface area contributed by atoms with Gasteiger partial charge in [-0.25, -0.2) is 0 Å². The summed E-state index contributed by atoms with van der Waals surface area (Å²) >= 11 is 0. The van der Waals surface area contributed by atoms with Gasteiger partial charge in [-0.05, 0) is 81.7 Å². The molecule has 0 aromatic heterocycles. The first-order valence-electron chi connectivity index (χ1n) is 13.0. The Bertz CT molecular complexity index is 917. The van der Waals surface area contributed by atoms with Crippen molar-refractivity contribution < 1.29 is 4.79 Å². The average molecular weight is 448 g/mol. The van der Waals surface area contributed by atoms with E-state index in [1.165, 1.54) is 49.8 Å². The van der Waals surface area contributed by atoms with Crippen molar-refractivity contribution in [3.05, 3.63) is 65.2 Å². The van der Waals surface area contributed by atoms with Crippen LogP contribution < -0.4 is 10.6 Å². The van der Waals surface area contributed by atoms with Crippen molar-refractivity contribution in [2.24, 2.45) is 11.7 Å². The summed E-state index contributed by atoms with van der Waals surface area (Å²) in [6.45, 7) is 7.30. The quantitative estimate of drug-likeness (QED) is 0.529. The van der Waals surface area contributed by atoms with Gasteiger partial charge in [0.05, 0.1) is 0 Å². The van der Waals surface area contributed by atoms with Gasteiger partial charge in [-0.15, -0.1) is 0 Å². The summed E-state index contributed by atoms with van der Waals surface area (Å²) in [7, 11) is 0. The van der Waals surface area contributed by atoms with Crippen molar-refractivity contribution in [2.45, 2.75) is 83.8 Å². The van der Waals surface area contributed by atoms with Gasteiger partial charge in [0.15, 0.2) is 0 Å². The number of carbonyl (C=O) groups is 1. The van der Waals surface area contributed by atoms with E-state index in [9.17, 15) is 4.79 Å². The van der Waals surface area contributed by atoms with Gasteiger partial charge in [0, 0.05) is 36.8 Å². The lowest BCUT2D eigenvalue weighted by molar-refractivity contribution is -0.122. The molecule has 2 aromatic rings. The van der Waals surface area contributed by atoms with E-state index in [0.717, 1.165) is 37.1 Å². The van der Waals surface area contributed by atoms with Crippen molar-refractivity contribution in [1.29, 1.82) is 0 Å². The van der Waals surface area contributed by atoms with E-state index in [1.807, 2.05) is 0 Å². The monoisotopic (exact) mass is 447 g/mol. The Balaban J connectivity index is 1.36. The van der Waals surface area contributed by atoms with Gasteiger partial charge >= 0.3 is 0 Å². The molecule has 1 unspecified atom stereocenters. The summed E-state index contributed by atoms with van der Waals surface area (Å²) in [6, 6.07) is 18.3. The fourth-order valence-electron chi connectivity index (χ4n) is 5.85. The summed E-state index contributed by atoms with van der Waals surface area (Å²) < 4.78 is 0. The number of likely N-dealkylation sites (tertiary alicyclic amines) is 1. The number of benzene rings is 2. The Labute approximate surface area is 200 Å². The van der Waals surface area contributed by atoms with Crippen molar-refractivity contribution in [1.82, 2.24) is 4.90 Å². The molecule has 4 rings (SSSR count). The highest BCUT2D eigenvalue weighted by Gasteiger charge is 2.32. The summed E-state index contributed by atoms with van der Waals surface area (Å²) in [5.74, 6) is 0.285. The molecule has 1 saturated heterocycles. The maximum atomic E-state index is 13.5. The summed E-state index contributed by atoms with van der Waals surface area (Å²) in [5, 5.41) is 0. The van der Waals surface area contributed by atoms with Crippen LogP contribution in [0.15, 0.2) is 48.5 Å². The zero-order chi connectivity index (χ0) is 23.2. The Morgan fingerprint density at radius 2 is 1.64 bits per heavy atom. The molecule has 0 bridgehead atoms. The van der Waals surface area contributed by atoms with Crippen LogP contribution in [-0.2, 0) is 24.2 Å². The van der Waals surface area contributed by atoms with Gasteiger partial charge < -0.3 is 10.6 Å². The zero-order valence-electron chi connectivity index (χ0n) is 20.5. The number of unbranched alkanes of at least 4 members (excludes halogenated alkanes) is 2. The van der Waals surface area contributed by atoms with Crippen LogP contribution in [0.5, 0.6) is 0 Å². The molecule has 2 aliphatic rings. The molecule has 1 fully saturated rings. The van der Waals surface area contributed by atoms with Gasteiger partial charge in [0.25, 0.3) is 0 Å². The number of carbonyl (C=O) groups excluding carboxylic acids is 1. The Morgan fingerprint density at radius 3 is 2.42 bits per heavy atom. The number of hydrogen-bond acceptors (Lipinski definition) is 3. The highest BCUT2D eigenvalue weighted by molar-refractivity contribution is 5.98. The fourth-order valence-corrected chi connectivity index (χ4v) is 5.85. The fraction of sp³-hybridized carbons (Fsp3) is 0.552. The second kappa shape index (κ2) is 11.3. The number of nitrogens with two attached hydrogens (primary N) is 1. The van der Waals surface area contributed by atoms with Crippen LogP contribution in [-0.4, -0.2) is 36.0 Å². The molecule has 0 aliphatic carbocycles. The number of piperidine rings is 1. The number of hydrogen-bond donors (Lipinski definition) is 1. The molecule has 0 saturated carbocycles. The van der Waals surface area contributed by atoms with E-state index in [-0.39, 0.29) is 11.8 Å². The van der Waals surface area contributed by atoms with E-state index in [4.69, 9.17) is 5.73 Å². The lowest BCUT2D eigenvalue weighted by Gasteiger charge is -2.39. The second-order valence-electron chi connectivity index (χ2n) is 10.2. The topological polar surface area (TPSA) is 49.6 Å². The van der Waals surface area contributed by atoms with Crippen LogP contribution >= 0.6 is 0 Å². The minimum absolute atomic E-state index is 0.00275. The van der Waals surface area contributed by atoms with Crippen LogP contribution in [0.25, 0.3) is 0 Å². The third kappa shape index (κ3) is 5.85. The van der Waals surface area contributed by atoms with Crippen molar-refractivity contribution in [3.8, 4) is 0 Å². The van der Waals surface area contributed by atoms with Crippen LogP contribution in [0.1, 0.15) is 69.1 Å². The number of amides is 1. The number of para-hydroxylation sites is 1. The largest absolute Gasteiger partial charge is 0.326 e. The lowest BCUT2D eigenvalue weighted by atomic mass is 9.86. The number of anilines is 1. The molecular formula is C29H41N3O. The maximum absolute atomic E-state index is 13.5. The molecule has 2 heterocycles. The Morgan fingerprint density at radius 1 is 0.909 bits per heavy atom. The second-order valence-corrected chi connectivity index (χ2v) is 10.2. The molecule has 0 radical (unpaired) electrons. The lowest BCUT2D eigenvalue weighted by Crippen LogP contribution is -2.44. The van der Waals surface area contributed by atoms with E-state index in [0.29, 0.717) is 18.6 Å². The molecule has 0 spiro atoms. The zero-order valence-corrected chi connectivity index (χ0v) is 20.5. The molecule has 178 valence electrons. The molecule has 1 amide bonds. The van der Waals surface area contributed by atoms with Crippen molar-refractivity contribution in [2.75, 3.05) is 18.0 Å². The van der Waals surface area contributed by atoms with Gasteiger partial charge in [0.1, 0.15) is 0 Å². The number of fused-ring (bicyclic) bond motifs is 1. The molecule has 3 atom stereocenters. The van der Waals surface area contributed by atoms with Crippen molar-refractivity contribution >= 4 is 11.6 Å². The molecule has 4 heteroatoms. The predicted molar refractivity (Wildman–Crippen MR) is 137 cm³/mol. The van der Waals surface area contributed by atoms with Gasteiger partial charge in [-0.1, -0.05) is 55.3 Å². The minimum atomic E-state index is 0.00275. The summed E-state index contributed by atoms with van der Waals surface area (Å²) in [5.41, 5.74) is 10.6. The molecular weight excluding hydrogens is 406 g/mol. The Hall–Kier alpha value is -2.17. The number of nitrogens with zero attached hydrogens (tertiary/aromatic N) is 2. The number of rotatable bonds is 9. The van der Waals surface area contributed by atoms with Crippen molar-refractivity contribution in [3.63, 3.8) is 0 Å². The van der Waals surface area contributed by atoms with Crippen LogP contribution in [0, 0.1) is 5.92 Å². The van der Waals surface area contributed by atoms with Gasteiger partial charge in [-0.2, -0.15) is 0 Å². The minimum Gasteiger partial charge on any atom is -0.326 e. The van der Waals surface area contributed by atoms with Gasteiger partial charge in [-0.3, -0.25) is 9.69 Å². The smallest absolute Gasteiger partial charge is 0.230 e. The van der Waals surface area contributed by atoms with Crippen LogP contribution in [0.3, 0.4) is 0 Å². The maximum Gasteiger partial charge on any atom is 0.230 e. The SMILES string of the molecule is C[C@@H]1CCC[C@H](C)N1CCCCCN1C(=O)C(Cc2cccc(CN)c2)Cc2ccccc21. The van der Waals surface area contributed by atoms with Gasteiger partial charge in [0.2, 0.25) is 5.91 Å². The standard InChI is InChI=1S/C29H41N3O/c1-22-10-8-11-23(2)31(22)16-6-3-7-17-32-28-15-5-4-14-26(28)20-27(29(32)33)19-24-12-9-13-25(18-24)21-30/h4-5,9,12-15,18,22-23,27H,3,6-8,10-11,16-17,19-21,30H2,1-2H3/t22-,23+,27?. The Kier molecular flexibility index (Phi) is 8.21. The van der Waals surface area contributed by atoms with Crippen LogP contribution in [0.2, 0.25) is 0 Å². The summed E-state index contributed by atoms with van der Waals surface area (Å²) in [6.07, 6.45) is 9.08. The van der Waals surface area contributed by atoms with E-state index in [1.54, 1.807) is 0 Å². The summed E-state index contributed by atoms with van der Waals surface area (Å²) in [4.78, 5) is 18.3. The highest BCUT2D eigenvalue weighted by Crippen LogP contribution is 2.32. The highest BCUT2D eigenvalue weighted by atomic mass is 16.2. The average Bonchev–Trinajstić information content (AvgIpc) is 2.82. The first-order chi connectivity index (χ1) is 16.1. The third-order valence-electron chi connectivity index (χ3n) is 7.75. The van der Waals surface area contributed by atoms with Crippen LogP contribution in [0.4, 0.5) is 5.69 Å². The first-order valence-corrected chi connectivity index (χ1v) is 13.0. The van der Waals surface area contributed by atoms with E-state index < -0.39 is 0 Å². The first kappa shape index (κ1) is 24.0. The normalized spacial score (nSPS) is 23.5. The third-order valence-corrected chi connectivity index (χ3v) is 7.75. The molecule has 4 nitrogen and oxygen atoms in total. The molecule has 2 N–H and O–H groups in total. The van der Waals surface area contributed by atoms with E-state index in [2.05, 4.69) is 72.2 Å². The molecule has 2 aromatic carbocycles. The molecule has 33 heavy (non-hydrogen) atoms. The molecule has 2 aliphatic heterocycles. The van der Waals surface area contributed by atoms with E-state index >= 15 is 0 Å². The predicted octanol–water partition coefficient (Wildman–Crippen LogP) is 5.33.